The summed E-state index contributed by atoms with van der Waals surface area (Å²) in [6, 6.07) is 0. The van der Waals surface area contributed by atoms with E-state index >= 15 is 0 Å². The Balaban J connectivity index is 2.93. The average Bonchev–Trinajstić information content (AvgIpc) is 2.13. The molecule has 0 bridgehead atoms. The lowest BCUT2D eigenvalue weighted by Crippen LogP contribution is -2.60. The van der Waals surface area contributed by atoms with Crippen LogP contribution in [0.2, 0.25) is 0 Å². The maximum Gasteiger partial charge on any atom is 0.135 e. The van der Waals surface area contributed by atoms with E-state index in [0.29, 0.717) is 12.2 Å². The summed E-state index contributed by atoms with van der Waals surface area (Å²) in [6.45, 7) is 10.5. The summed E-state index contributed by atoms with van der Waals surface area (Å²) in [5.74, 6) is 0.568. The van der Waals surface area contributed by atoms with E-state index < -0.39 is 0 Å². The number of ketones is 1. The molecule has 0 aliphatic carbocycles. The lowest BCUT2D eigenvalue weighted by atomic mass is 9.73. The molecule has 1 fully saturated rings. The van der Waals surface area contributed by atoms with Crippen LogP contribution in [0.15, 0.2) is 0 Å². The fourth-order valence-corrected chi connectivity index (χ4v) is 3.27. The third-order valence-corrected chi connectivity index (χ3v) is 3.58. The molecule has 1 rings (SSSR count). The highest BCUT2D eigenvalue weighted by Crippen LogP contribution is 2.41. The van der Waals surface area contributed by atoms with Crippen molar-refractivity contribution in [2.24, 2.45) is 5.92 Å². The zero-order valence-corrected chi connectivity index (χ0v) is 11.5. The van der Waals surface area contributed by atoms with Gasteiger partial charge in [-0.05, 0) is 40.5 Å². The van der Waals surface area contributed by atoms with Gasteiger partial charge in [0.25, 0.3) is 0 Å². The van der Waals surface area contributed by atoms with Crippen molar-refractivity contribution in [2.75, 3.05) is 7.11 Å². The van der Waals surface area contributed by atoms with E-state index in [4.69, 9.17) is 4.84 Å². The first-order valence-corrected chi connectivity index (χ1v) is 6.12. The van der Waals surface area contributed by atoms with Crippen LogP contribution in [0.25, 0.3) is 0 Å². The van der Waals surface area contributed by atoms with Gasteiger partial charge in [0.05, 0.1) is 7.11 Å². The molecule has 0 atom stereocenters. The number of carbonyl (C=O) groups excluding carboxylic acids is 1. The molecular weight excluding hydrogens is 202 g/mol. The lowest BCUT2D eigenvalue weighted by Gasteiger charge is -2.53. The normalized spacial score (nSPS) is 25.6. The molecule has 16 heavy (non-hydrogen) atoms. The van der Waals surface area contributed by atoms with E-state index in [1.165, 1.54) is 0 Å². The number of Topliss-reactive ketones (excluding diaryl/α,β-unsaturated/α-hetero) is 1. The van der Waals surface area contributed by atoms with Gasteiger partial charge in [-0.1, -0.05) is 6.92 Å². The van der Waals surface area contributed by atoms with Crippen molar-refractivity contribution in [2.45, 2.75) is 65.0 Å². The summed E-state index contributed by atoms with van der Waals surface area (Å²) >= 11 is 0. The van der Waals surface area contributed by atoms with E-state index in [1.807, 2.05) is 12.0 Å². The lowest BCUT2D eigenvalue weighted by molar-refractivity contribution is -0.270. The number of rotatable bonds is 3. The first-order valence-electron chi connectivity index (χ1n) is 6.12. The maximum atomic E-state index is 11.9. The van der Waals surface area contributed by atoms with Crippen molar-refractivity contribution >= 4 is 5.78 Å². The monoisotopic (exact) mass is 227 g/mol. The van der Waals surface area contributed by atoms with Crippen molar-refractivity contribution in [3.05, 3.63) is 0 Å². The van der Waals surface area contributed by atoms with Crippen LogP contribution in [0.5, 0.6) is 0 Å². The first kappa shape index (κ1) is 13.7. The summed E-state index contributed by atoms with van der Waals surface area (Å²) in [5, 5.41) is 2.04. The second kappa shape index (κ2) is 4.46. The third-order valence-electron chi connectivity index (χ3n) is 3.58. The Hall–Kier alpha value is -0.410. The Labute approximate surface area is 99.1 Å². The zero-order chi connectivity index (χ0) is 12.6. The van der Waals surface area contributed by atoms with Crippen LogP contribution < -0.4 is 0 Å². The Morgan fingerprint density at radius 3 is 2.00 bits per heavy atom. The van der Waals surface area contributed by atoms with E-state index in [2.05, 4.69) is 27.7 Å². The first-order chi connectivity index (χ1) is 7.24. The molecule has 0 amide bonds. The highest BCUT2D eigenvalue weighted by molar-refractivity contribution is 5.81. The maximum absolute atomic E-state index is 11.9. The molecule has 0 aromatic rings. The summed E-state index contributed by atoms with van der Waals surface area (Å²) < 4.78 is 0. The molecule has 1 aliphatic heterocycles. The SMILES string of the molecule is CCC(=O)C1CC(C)(C)N(OC)C(C)(C)C1. The number of piperidine rings is 1. The van der Waals surface area contributed by atoms with Crippen molar-refractivity contribution in [1.29, 1.82) is 0 Å². The van der Waals surface area contributed by atoms with Gasteiger partial charge in [-0.2, -0.15) is 5.06 Å². The van der Waals surface area contributed by atoms with E-state index in [9.17, 15) is 4.79 Å². The molecule has 0 aromatic heterocycles. The van der Waals surface area contributed by atoms with E-state index in [-0.39, 0.29) is 17.0 Å². The van der Waals surface area contributed by atoms with Gasteiger partial charge < -0.3 is 4.84 Å². The van der Waals surface area contributed by atoms with Gasteiger partial charge in [0.15, 0.2) is 0 Å². The van der Waals surface area contributed by atoms with Gasteiger partial charge in [-0.25, -0.2) is 0 Å². The second-order valence-electron chi connectivity index (χ2n) is 6.03. The predicted octanol–water partition coefficient (Wildman–Crippen LogP) is 2.80. The van der Waals surface area contributed by atoms with Gasteiger partial charge in [-0.3, -0.25) is 4.79 Å². The van der Waals surface area contributed by atoms with Crippen molar-refractivity contribution in [3.63, 3.8) is 0 Å². The average molecular weight is 227 g/mol. The largest absolute Gasteiger partial charge is 0.301 e. The van der Waals surface area contributed by atoms with Crippen molar-refractivity contribution in [1.82, 2.24) is 5.06 Å². The van der Waals surface area contributed by atoms with Gasteiger partial charge in [0, 0.05) is 23.4 Å². The smallest absolute Gasteiger partial charge is 0.135 e. The highest BCUT2D eigenvalue weighted by Gasteiger charge is 2.47. The van der Waals surface area contributed by atoms with Crippen molar-refractivity contribution in [3.8, 4) is 0 Å². The van der Waals surface area contributed by atoms with Gasteiger partial charge in [0.2, 0.25) is 0 Å². The minimum Gasteiger partial charge on any atom is -0.301 e. The molecular formula is C13H25NO2. The summed E-state index contributed by atoms with van der Waals surface area (Å²) in [6.07, 6.45) is 2.41. The number of nitrogens with zero attached hydrogens (tertiary/aromatic N) is 1. The third kappa shape index (κ3) is 2.46. The van der Waals surface area contributed by atoms with E-state index in [1.54, 1.807) is 7.11 Å². The minimum absolute atomic E-state index is 0.0774. The molecule has 3 heteroatoms. The quantitative estimate of drug-likeness (QED) is 0.742. The van der Waals surface area contributed by atoms with Crippen LogP contribution in [0.3, 0.4) is 0 Å². The van der Waals surface area contributed by atoms with Gasteiger partial charge >= 0.3 is 0 Å². The number of hydrogen-bond acceptors (Lipinski definition) is 3. The van der Waals surface area contributed by atoms with Crippen LogP contribution in [-0.4, -0.2) is 29.0 Å². The molecule has 0 aromatic carbocycles. The van der Waals surface area contributed by atoms with Gasteiger partial charge in [-0.15, -0.1) is 0 Å². The number of hydroxylamine groups is 2. The summed E-state index contributed by atoms with van der Waals surface area (Å²) in [4.78, 5) is 17.4. The molecule has 0 N–H and O–H groups in total. The Morgan fingerprint density at radius 1 is 1.25 bits per heavy atom. The second-order valence-corrected chi connectivity index (χ2v) is 6.03. The fourth-order valence-electron chi connectivity index (χ4n) is 3.27. The molecule has 0 unspecified atom stereocenters. The summed E-state index contributed by atoms with van der Waals surface area (Å²) in [5.41, 5.74) is -0.155. The number of carbonyl (C=O) groups is 1. The molecule has 1 aliphatic rings. The topological polar surface area (TPSA) is 29.5 Å². The Bertz CT molecular complexity index is 253. The van der Waals surface area contributed by atoms with Crippen LogP contribution >= 0.6 is 0 Å². The molecule has 1 heterocycles. The fraction of sp³-hybridized carbons (Fsp3) is 0.923. The minimum atomic E-state index is -0.0774. The molecule has 1 saturated heterocycles. The van der Waals surface area contributed by atoms with Gasteiger partial charge in [0.1, 0.15) is 5.78 Å². The molecule has 0 spiro atoms. The standard InChI is InChI=1S/C13H25NO2/c1-7-11(15)10-8-12(2,3)14(16-6)13(4,5)9-10/h10H,7-9H2,1-6H3. The highest BCUT2D eigenvalue weighted by atomic mass is 16.7. The molecule has 94 valence electrons. The number of hydrogen-bond donors (Lipinski definition) is 0. The Morgan fingerprint density at radius 2 is 1.69 bits per heavy atom. The zero-order valence-electron chi connectivity index (χ0n) is 11.5. The van der Waals surface area contributed by atoms with E-state index in [0.717, 1.165) is 12.8 Å². The van der Waals surface area contributed by atoms with Crippen LogP contribution in [-0.2, 0) is 9.63 Å². The van der Waals surface area contributed by atoms with Crippen LogP contribution in [0.1, 0.15) is 53.9 Å². The Kier molecular flexibility index (Phi) is 3.80. The van der Waals surface area contributed by atoms with Crippen LogP contribution in [0.4, 0.5) is 0 Å². The summed E-state index contributed by atoms with van der Waals surface area (Å²) in [7, 11) is 1.71. The molecule has 0 saturated carbocycles. The predicted molar refractivity (Wildman–Crippen MR) is 65.0 cm³/mol. The molecule has 3 nitrogen and oxygen atoms in total. The van der Waals surface area contributed by atoms with Crippen molar-refractivity contribution < 1.29 is 9.63 Å². The van der Waals surface area contributed by atoms with Crippen LogP contribution in [0, 0.1) is 5.92 Å². The molecule has 0 radical (unpaired) electrons.